The van der Waals surface area contributed by atoms with E-state index in [1.807, 2.05) is 0 Å². The maximum atomic E-state index is 5.95. The summed E-state index contributed by atoms with van der Waals surface area (Å²) in [6.07, 6.45) is 2.66. The van der Waals surface area contributed by atoms with Crippen LogP contribution in [-0.4, -0.2) is 6.04 Å². The summed E-state index contributed by atoms with van der Waals surface area (Å²) in [5.41, 5.74) is 5.03. The molecule has 110 valence electrons. The van der Waals surface area contributed by atoms with Gasteiger partial charge in [-0.3, -0.25) is 0 Å². The van der Waals surface area contributed by atoms with Crippen molar-refractivity contribution >= 4 is 0 Å². The predicted molar refractivity (Wildman–Crippen MR) is 86.6 cm³/mol. The highest BCUT2D eigenvalue weighted by atomic mass is 16.5. The van der Waals surface area contributed by atoms with Crippen LogP contribution in [-0.2, 0) is 13.2 Å². The minimum atomic E-state index is 0.626. The molecule has 0 atom stereocenters. The van der Waals surface area contributed by atoms with Gasteiger partial charge >= 0.3 is 0 Å². The smallest absolute Gasteiger partial charge is 0.122 e. The molecule has 1 aliphatic rings. The summed E-state index contributed by atoms with van der Waals surface area (Å²) in [5, 5.41) is 3.55. The molecule has 1 fully saturated rings. The van der Waals surface area contributed by atoms with Crippen LogP contribution in [0.4, 0.5) is 0 Å². The molecule has 1 saturated carbocycles. The van der Waals surface area contributed by atoms with Crippen molar-refractivity contribution < 1.29 is 4.74 Å². The third kappa shape index (κ3) is 4.08. The van der Waals surface area contributed by atoms with Gasteiger partial charge in [0.1, 0.15) is 12.4 Å². The molecule has 0 bridgehead atoms. The predicted octanol–water partition coefficient (Wildman–Crippen LogP) is 4.13. The molecule has 1 N–H and O–H groups in total. The number of hydrogen-bond donors (Lipinski definition) is 1. The third-order valence-corrected chi connectivity index (χ3v) is 3.89. The average molecular weight is 281 g/mol. The van der Waals surface area contributed by atoms with Crippen LogP contribution in [0.3, 0.4) is 0 Å². The molecular weight excluding hydrogens is 258 g/mol. The van der Waals surface area contributed by atoms with Gasteiger partial charge in [-0.05, 0) is 49.4 Å². The first-order valence-electron chi connectivity index (χ1n) is 7.72. The molecule has 2 heteroatoms. The number of nitrogens with one attached hydrogen (secondary N) is 1. The molecule has 3 rings (SSSR count). The van der Waals surface area contributed by atoms with Crippen molar-refractivity contribution in [3.63, 3.8) is 0 Å². The van der Waals surface area contributed by atoms with Crippen molar-refractivity contribution in [3.05, 3.63) is 64.7 Å². The van der Waals surface area contributed by atoms with E-state index >= 15 is 0 Å². The SMILES string of the molecule is Cc1ccc(OCc2cccc(CNC3CC3)c2)c(C)c1. The summed E-state index contributed by atoms with van der Waals surface area (Å²) in [6.45, 7) is 5.79. The largest absolute Gasteiger partial charge is 0.489 e. The van der Waals surface area contributed by atoms with E-state index < -0.39 is 0 Å². The molecular formula is C19H23NO. The summed E-state index contributed by atoms with van der Waals surface area (Å²) >= 11 is 0. The zero-order valence-electron chi connectivity index (χ0n) is 12.9. The number of benzene rings is 2. The highest BCUT2D eigenvalue weighted by molar-refractivity contribution is 5.36. The fourth-order valence-electron chi connectivity index (χ4n) is 2.50. The van der Waals surface area contributed by atoms with Gasteiger partial charge in [-0.2, -0.15) is 0 Å². The van der Waals surface area contributed by atoms with Crippen molar-refractivity contribution in [3.8, 4) is 5.75 Å². The molecule has 0 saturated heterocycles. The highest BCUT2D eigenvalue weighted by Gasteiger charge is 2.19. The molecule has 0 radical (unpaired) electrons. The molecule has 0 spiro atoms. The lowest BCUT2D eigenvalue weighted by Gasteiger charge is -2.11. The fourth-order valence-corrected chi connectivity index (χ4v) is 2.50. The summed E-state index contributed by atoms with van der Waals surface area (Å²) in [7, 11) is 0. The minimum absolute atomic E-state index is 0.626. The molecule has 2 nitrogen and oxygen atoms in total. The number of hydrogen-bond acceptors (Lipinski definition) is 2. The van der Waals surface area contributed by atoms with Crippen LogP contribution in [0.1, 0.15) is 35.1 Å². The van der Waals surface area contributed by atoms with Gasteiger partial charge in [-0.25, -0.2) is 0 Å². The molecule has 0 aromatic heterocycles. The van der Waals surface area contributed by atoms with Gasteiger partial charge in [-0.1, -0.05) is 42.0 Å². The topological polar surface area (TPSA) is 21.3 Å². The Balaban J connectivity index is 1.60. The minimum Gasteiger partial charge on any atom is -0.489 e. The summed E-state index contributed by atoms with van der Waals surface area (Å²) in [6, 6.07) is 15.7. The van der Waals surface area contributed by atoms with Crippen molar-refractivity contribution in [2.45, 2.75) is 45.9 Å². The van der Waals surface area contributed by atoms with E-state index in [9.17, 15) is 0 Å². The molecule has 1 aliphatic carbocycles. The molecule has 0 amide bonds. The standard InChI is InChI=1S/C19H23NO/c1-14-6-9-19(15(2)10-14)21-13-17-5-3-4-16(11-17)12-20-18-7-8-18/h3-6,9-11,18,20H,7-8,12-13H2,1-2H3. The fraction of sp³-hybridized carbons (Fsp3) is 0.368. The van der Waals surface area contributed by atoms with E-state index in [2.05, 4.69) is 61.6 Å². The molecule has 2 aromatic rings. The monoisotopic (exact) mass is 281 g/mol. The van der Waals surface area contributed by atoms with E-state index in [-0.39, 0.29) is 0 Å². The van der Waals surface area contributed by atoms with Crippen LogP contribution in [0, 0.1) is 13.8 Å². The number of ether oxygens (including phenoxy) is 1. The Morgan fingerprint density at radius 3 is 2.62 bits per heavy atom. The van der Waals surface area contributed by atoms with E-state index in [1.54, 1.807) is 0 Å². The first-order valence-corrected chi connectivity index (χ1v) is 7.72. The molecule has 0 unspecified atom stereocenters. The lowest BCUT2D eigenvalue weighted by atomic mass is 10.1. The van der Waals surface area contributed by atoms with E-state index in [0.29, 0.717) is 6.61 Å². The quantitative estimate of drug-likeness (QED) is 0.859. The van der Waals surface area contributed by atoms with Crippen molar-refractivity contribution in [1.82, 2.24) is 5.32 Å². The number of rotatable bonds is 6. The van der Waals surface area contributed by atoms with Gasteiger partial charge in [0.2, 0.25) is 0 Å². The zero-order chi connectivity index (χ0) is 14.7. The highest BCUT2D eigenvalue weighted by Crippen LogP contribution is 2.21. The molecule has 21 heavy (non-hydrogen) atoms. The van der Waals surface area contributed by atoms with Gasteiger partial charge in [0, 0.05) is 12.6 Å². The first kappa shape index (κ1) is 14.2. The lowest BCUT2D eigenvalue weighted by Crippen LogP contribution is -2.15. The Bertz CT molecular complexity index is 617. The lowest BCUT2D eigenvalue weighted by molar-refractivity contribution is 0.304. The Kier molecular flexibility index (Phi) is 4.26. The van der Waals surface area contributed by atoms with Crippen LogP contribution >= 0.6 is 0 Å². The van der Waals surface area contributed by atoms with Gasteiger partial charge in [0.25, 0.3) is 0 Å². The van der Waals surface area contributed by atoms with Crippen LogP contribution in [0.5, 0.6) is 5.75 Å². The summed E-state index contributed by atoms with van der Waals surface area (Å²) < 4.78 is 5.95. The van der Waals surface area contributed by atoms with Crippen LogP contribution < -0.4 is 10.1 Å². The second kappa shape index (κ2) is 6.31. The summed E-state index contributed by atoms with van der Waals surface area (Å²) in [5.74, 6) is 0.974. The van der Waals surface area contributed by atoms with Crippen LogP contribution in [0.15, 0.2) is 42.5 Å². The second-order valence-corrected chi connectivity index (χ2v) is 6.03. The summed E-state index contributed by atoms with van der Waals surface area (Å²) in [4.78, 5) is 0. The van der Waals surface area contributed by atoms with Crippen molar-refractivity contribution in [1.29, 1.82) is 0 Å². The van der Waals surface area contributed by atoms with E-state index in [0.717, 1.165) is 18.3 Å². The Morgan fingerprint density at radius 1 is 1.05 bits per heavy atom. The maximum Gasteiger partial charge on any atom is 0.122 e. The van der Waals surface area contributed by atoms with Gasteiger partial charge < -0.3 is 10.1 Å². The average Bonchev–Trinajstić information content (AvgIpc) is 3.29. The van der Waals surface area contributed by atoms with Crippen LogP contribution in [0.2, 0.25) is 0 Å². The Hall–Kier alpha value is -1.80. The van der Waals surface area contributed by atoms with Gasteiger partial charge in [0.15, 0.2) is 0 Å². The third-order valence-electron chi connectivity index (χ3n) is 3.89. The Labute approximate surface area is 127 Å². The Morgan fingerprint density at radius 2 is 1.86 bits per heavy atom. The van der Waals surface area contributed by atoms with Crippen molar-refractivity contribution in [2.75, 3.05) is 0 Å². The second-order valence-electron chi connectivity index (χ2n) is 6.03. The van der Waals surface area contributed by atoms with Gasteiger partial charge in [0.05, 0.1) is 0 Å². The van der Waals surface area contributed by atoms with E-state index in [4.69, 9.17) is 4.74 Å². The molecule has 0 heterocycles. The molecule has 0 aliphatic heterocycles. The zero-order valence-corrected chi connectivity index (χ0v) is 12.9. The first-order chi connectivity index (χ1) is 10.2. The van der Waals surface area contributed by atoms with E-state index in [1.165, 1.54) is 35.1 Å². The normalized spacial score (nSPS) is 14.2. The van der Waals surface area contributed by atoms with Gasteiger partial charge in [-0.15, -0.1) is 0 Å². The maximum absolute atomic E-state index is 5.95. The van der Waals surface area contributed by atoms with Crippen molar-refractivity contribution in [2.24, 2.45) is 0 Å². The van der Waals surface area contributed by atoms with Crippen LogP contribution in [0.25, 0.3) is 0 Å². The molecule has 2 aromatic carbocycles. The number of aryl methyl sites for hydroxylation is 2.